The second-order valence-corrected chi connectivity index (χ2v) is 2.59. The molecule has 0 aliphatic heterocycles. The van der Waals surface area contributed by atoms with E-state index in [9.17, 15) is 0 Å². The lowest BCUT2D eigenvalue weighted by Gasteiger charge is -2.12. The highest BCUT2D eigenvalue weighted by Gasteiger charge is 2.09. The van der Waals surface area contributed by atoms with Crippen LogP contribution in [-0.4, -0.2) is 45.8 Å². The summed E-state index contributed by atoms with van der Waals surface area (Å²) in [6, 6.07) is 0. The van der Waals surface area contributed by atoms with E-state index in [4.69, 9.17) is 20.4 Å². The summed E-state index contributed by atoms with van der Waals surface area (Å²) >= 11 is 0. The molecule has 0 aromatic carbocycles. The quantitative estimate of drug-likeness (QED) is 0.400. The molecule has 0 aliphatic carbocycles. The van der Waals surface area contributed by atoms with Gasteiger partial charge in [-0.25, -0.2) is 0 Å². The molecule has 11 heavy (non-hydrogen) atoms. The molecule has 2 atom stereocenters. The van der Waals surface area contributed by atoms with Gasteiger partial charge >= 0.3 is 0 Å². The highest BCUT2D eigenvalue weighted by molar-refractivity contribution is 4.61. The third kappa shape index (κ3) is 6.25. The number of hydrogen-bond donors (Lipinski definition) is 4. The largest absolute Gasteiger partial charge is 0.396 e. The zero-order valence-corrected chi connectivity index (χ0v) is 6.48. The summed E-state index contributed by atoms with van der Waals surface area (Å²) in [5, 5.41) is 34.7. The Bertz CT molecular complexity index is 86.5. The molecule has 68 valence electrons. The van der Waals surface area contributed by atoms with Crippen LogP contribution < -0.4 is 0 Å². The van der Waals surface area contributed by atoms with Crippen LogP contribution in [0.15, 0.2) is 0 Å². The van der Waals surface area contributed by atoms with E-state index in [1.165, 1.54) is 0 Å². The van der Waals surface area contributed by atoms with Gasteiger partial charge in [0.05, 0.1) is 18.8 Å². The second-order valence-electron chi connectivity index (χ2n) is 2.59. The van der Waals surface area contributed by atoms with Gasteiger partial charge in [0.1, 0.15) is 0 Å². The lowest BCUT2D eigenvalue weighted by Crippen LogP contribution is -2.20. The first-order chi connectivity index (χ1) is 5.20. The van der Waals surface area contributed by atoms with E-state index in [2.05, 4.69) is 0 Å². The van der Waals surface area contributed by atoms with Gasteiger partial charge in [0, 0.05) is 13.0 Å². The maximum Gasteiger partial charge on any atom is 0.0795 e. The summed E-state index contributed by atoms with van der Waals surface area (Å²) < 4.78 is 0. The fourth-order valence-corrected chi connectivity index (χ4v) is 0.833. The Kier molecular flexibility index (Phi) is 6.45. The van der Waals surface area contributed by atoms with Gasteiger partial charge in [0.15, 0.2) is 0 Å². The van der Waals surface area contributed by atoms with Gasteiger partial charge in [-0.15, -0.1) is 0 Å². The van der Waals surface area contributed by atoms with Crippen LogP contribution in [0.5, 0.6) is 0 Å². The number of aliphatic hydroxyl groups excluding tert-OH is 4. The van der Waals surface area contributed by atoms with Crippen LogP contribution in [0.25, 0.3) is 0 Å². The van der Waals surface area contributed by atoms with Crippen LogP contribution in [0.4, 0.5) is 0 Å². The summed E-state index contributed by atoms with van der Waals surface area (Å²) in [4.78, 5) is 0. The molecule has 0 spiro atoms. The van der Waals surface area contributed by atoms with Crippen molar-refractivity contribution in [1.29, 1.82) is 0 Å². The standard InChI is InChI=1S/C7H16O4/c8-3-1-2-6(10)4-7(11)5-9/h6-11H,1-5H2. The lowest BCUT2D eigenvalue weighted by molar-refractivity contribution is 0.0365. The maximum atomic E-state index is 9.10. The van der Waals surface area contributed by atoms with Gasteiger partial charge in [-0.1, -0.05) is 0 Å². The lowest BCUT2D eigenvalue weighted by atomic mass is 10.1. The third-order valence-electron chi connectivity index (χ3n) is 1.45. The molecule has 0 saturated carbocycles. The van der Waals surface area contributed by atoms with Crippen molar-refractivity contribution in [3.8, 4) is 0 Å². The van der Waals surface area contributed by atoms with Gasteiger partial charge in [0.2, 0.25) is 0 Å². The molecular weight excluding hydrogens is 148 g/mol. The first kappa shape index (κ1) is 10.8. The molecule has 0 heterocycles. The van der Waals surface area contributed by atoms with E-state index in [1.54, 1.807) is 0 Å². The summed E-state index contributed by atoms with van der Waals surface area (Å²) in [6.45, 7) is -0.275. The van der Waals surface area contributed by atoms with Gasteiger partial charge < -0.3 is 20.4 Å². The SMILES string of the molecule is OCCCC(O)CC(O)CO. The van der Waals surface area contributed by atoms with E-state index >= 15 is 0 Å². The van der Waals surface area contributed by atoms with Gasteiger partial charge in [-0.3, -0.25) is 0 Å². The molecule has 0 aromatic heterocycles. The molecule has 0 aromatic rings. The maximum absolute atomic E-state index is 9.10. The van der Waals surface area contributed by atoms with E-state index in [-0.39, 0.29) is 19.6 Å². The van der Waals surface area contributed by atoms with Crippen LogP contribution in [0.2, 0.25) is 0 Å². The predicted molar refractivity (Wildman–Crippen MR) is 40.0 cm³/mol. The predicted octanol–water partition coefficient (Wildman–Crippen LogP) is -1.14. The normalized spacial score (nSPS) is 16.4. The molecule has 0 rings (SSSR count). The topological polar surface area (TPSA) is 80.9 Å². The zero-order valence-electron chi connectivity index (χ0n) is 6.48. The number of aliphatic hydroxyl groups is 4. The first-order valence-electron chi connectivity index (χ1n) is 3.78. The Balaban J connectivity index is 3.27. The molecule has 4 nitrogen and oxygen atoms in total. The average Bonchev–Trinajstić information content (AvgIpc) is 2.00. The Morgan fingerprint density at radius 1 is 1.00 bits per heavy atom. The van der Waals surface area contributed by atoms with Gasteiger partial charge in [0.25, 0.3) is 0 Å². The Morgan fingerprint density at radius 3 is 2.09 bits per heavy atom. The van der Waals surface area contributed by atoms with Crippen molar-refractivity contribution in [2.45, 2.75) is 31.5 Å². The first-order valence-corrected chi connectivity index (χ1v) is 3.78. The molecule has 0 radical (unpaired) electrons. The van der Waals surface area contributed by atoms with E-state index in [0.717, 1.165) is 0 Å². The van der Waals surface area contributed by atoms with E-state index in [1.807, 2.05) is 0 Å². The second kappa shape index (κ2) is 6.54. The fourth-order valence-electron chi connectivity index (χ4n) is 0.833. The van der Waals surface area contributed by atoms with Crippen molar-refractivity contribution in [2.24, 2.45) is 0 Å². The Labute approximate surface area is 66.1 Å². The van der Waals surface area contributed by atoms with Crippen molar-refractivity contribution in [3.05, 3.63) is 0 Å². The number of hydrogen-bond acceptors (Lipinski definition) is 4. The minimum absolute atomic E-state index is 0.0479. The smallest absolute Gasteiger partial charge is 0.0795 e. The van der Waals surface area contributed by atoms with Gasteiger partial charge in [-0.2, -0.15) is 0 Å². The summed E-state index contributed by atoms with van der Waals surface area (Å²) in [5.41, 5.74) is 0. The molecule has 0 fully saturated rings. The Hall–Kier alpha value is -0.160. The van der Waals surface area contributed by atoms with Crippen molar-refractivity contribution in [2.75, 3.05) is 13.2 Å². The van der Waals surface area contributed by atoms with E-state index < -0.39 is 12.2 Å². The summed E-state index contributed by atoms with van der Waals surface area (Å²) in [7, 11) is 0. The monoisotopic (exact) mass is 164 g/mol. The zero-order chi connectivity index (χ0) is 8.69. The van der Waals surface area contributed by atoms with E-state index in [0.29, 0.717) is 12.8 Å². The van der Waals surface area contributed by atoms with Crippen LogP contribution in [0.1, 0.15) is 19.3 Å². The Morgan fingerprint density at radius 2 is 1.64 bits per heavy atom. The molecular formula is C7H16O4. The minimum atomic E-state index is -0.844. The highest BCUT2D eigenvalue weighted by atomic mass is 16.3. The highest BCUT2D eigenvalue weighted by Crippen LogP contribution is 2.04. The van der Waals surface area contributed by atoms with Crippen molar-refractivity contribution in [1.82, 2.24) is 0 Å². The molecule has 4 N–H and O–H groups in total. The van der Waals surface area contributed by atoms with Crippen LogP contribution in [0.3, 0.4) is 0 Å². The van der Waals surface area contributed by atoms with Crippen molar-refractivity contribution < 1.29 is 20.4 Å². The molecule has 0 bridgehead atoms. The van der Waals surface area contributed by atoms with Crippen LogP contribution in [-0.2, 0) is 0 Å². The number of rotatable bonds is 6. The third-order valence-corrected chi connectivity index (χ3v) is 1.45. The van der Waals surface area contributed by atoms with Crippen molar-refractivity contribution in [3.63, 3.8) is 0 Å². The molecule has 0 amide bonds. The molecule has 4 heteroatoms. The van der Waals surface area contributed by atoms with Gasteiger partial charge in [-0.05, 0) is 12.8 Å². The minimum Gasteiger partial charge on any atom is -0.396 e. The molecule has 2 unspecified atom stereocenters. The fraction of sp³-hybridized carbons (Fsp3) is 1.00. The van der Waals surface area contributed by atoms with Crippen LogP contribution >= 0.6 is 0 Å². The van der Waals surface area contributed by atoms with Crippen molar-refractivity contribution >= 4 is 0 Å². The summed E-state index contributed by atoms with van der Waals surface area (Å²) in [6.07, 6.45) is -0.295. The average molecular weight is 164 g/mol. The molecule has 0 saturated heterocycles. The molecule has 0 aliphatic rings. The summed E-state index contributed by atoms with van der Waals surface area (Å²) in [5.74, 6) is 0. The van der Waals surface area contributed by atoms with Crippen LogP contribution in [0, 0.1) is 0 Å².